The SMILES string of the molecule is CCc1[c]cc(C(F)(F)F)cc1. The Morgan fingerprint density at radius 1 is 1.33 bits per heavy atom. The van der Waals surface area contributed by atoms with Crippen molar-refractivity contribution in [2.75, 3.05) is 0 Å². The Kier molecular flexibility index (Phi) is 2.40. The lowest BCUT2D eigenvalue weighted by molar-refractivity contribution is -0.137. The zero-order chi connectivity index (χ0) is 9.19. The van der Waals surface area contributed by atoms with E-state index in [2.05, 4.69) is 6.07 Å². The van der Waals surface area contributed by atoms with Gasteiger partial charge in [-0.2, -0.15) is 13.2 Å². The number of alkyl halides is 3. The van der Waals surface area contributed by atoms with Gasteiger partial charge in [-0.15, -0.1) is 0 Å². The van der Waals surface area contributed by atoms with Crippen molar-refractivity contribution in [3.8, 4) is 0 Å². The molecule has 0 amide bonds. The molecule has 0 atom stereocenters. The summed E-state index contributed by atoms with van der Waals surface area (Å²) in [7, 11) is 0. The highest BCUT2D eigenvalue weighted by Crippen LogP contribution is 2.28. The molecule has 0 aliphatic carbocycles. The van der Waals surface area contributed by atoms with E-state index in [1.165, 1.54) is 6.07 Å². The molecule has 0 aliphatic rings. The summed E-state index contributed by atoms with van der Waals surface area (Å²) in [6, 6.07) is 6.08. The number of rotatable bonds is 1. The minimum absolute atomic E-state index is 0.639. The highest BCUT2D eigenvalue weighted by Gasteiger charge is 2.29. The lowest BCUT2D eigenvalue weighted by Crippen LogP contribution is -2.04. The van der Waals surface area contributed by atoms with E-state index in [-0.39, 0.29) is 0 Å². The Hall–Kier alpha value is -0.990. The Labute approximate surface area is 69.0 Å². The molecule has 12 heavy (non-hydrogen) atoms. The van der Waals surface area contributed by atoms with E-state index in [9.17, 15) is 13.2 Å². The van der Waals surface area contributed by atoms with Crippen LogP contribution >= 0.6 is 0 Å². The molecule has 0 aromatic heterocycles. The summed E-state index contributed by atoms with van der Waals surface area (Å²) < 4.78 is 36.0. The van der Waals surface area contributed by atoms with Crippen LogP contribution in [0.25, 0.3) is 0 Å². The first-order valence-corrected chi connectivity index (χ1v) is 3.62. The van der Waals surface area contributed by atoms with Gasteiger partial charge in [-0.1, -0.05) is 13.0 Å². The topological polar surface area (TPSA) is 0 Å². The van der Waals surface area contributed by atoms with Crippen molar-refractivity contribution in [3.05, 3.63) is 35.4 Å². The molecule has 0 saturated heterocycles. The van der Waals surface area contributed by atoms with Gasteiger partial charge in [-0.25, -0.2) is 0 Å². The molecule has 0 saturated carbocycles. The minimum Gasteiger partial charge on any atom is -0.166 e. The fourth-order valence-electron chi connectivity index (χ4n) is 0.853. The van der Waals surface area contributed by atoms with Crippen molar-refractivity contribution in [2.24, 2.45) is 0 Å². The third-order valence-electron chi connectivity index (χ3n) is 1.59. The molecule has 1 rings (SSSR count). The monoisotopic (exact) mass is 173 g/mol. The highest BCUT2D eigenvalue weighted by molar-refractivity contribution is 5.23. The number of halogens is 3. The Bertz CT molecular complexity index is 245. The second kappa shape index (κ2) is 3.17. The van der Waals surface area contributed by atoms with Gasteiger partial charge in [-0.3, -0.25) is 0 Å². The quantitative estimate of drug-likeness (QED) is 0.612. The molecule has 0 fully saturated rings. The summed E-state index contributed by atoms with van der Waals surface area (Å²) in [6.07, 6.45) is -3.54. The Morgan fingerprint density at radius 3 is 2.33 bits per heavy atom. The molecule has 0 spiro atoms. The van der Waals surface area contributed by atoms with E-state index < -0.39 is 11.7 Å². The molecular formula is C9H8F3. The van der Waals surface area contributed by atoms with Gasteiger partial charge in [0.25, 0.3) is 0 Å². The summed E-state index contributed by atoms with van der Waals surface area (Å²) in [6.45, 7) is 1.87. The van der Waals surface area contributed by atoms with Crippen LogP contribution in [-0.2, 0) is 12.6 Å². The first-order chi connectivity index (χ1) is 5.54. The van der Waals surface area contributed by atoms with Crippen molar-refractivity contribution < 1.29 is 13.2 Å². The van der Waals surface area contributed by atoms with Gasteiger partial charge in [-0.05, 0) is 30.2 Å². The highest BCUT2D eigenvalue weighted by atomic mass is 19.4. The van der Waals surface area contributed by atoms with E-state index in [0.717, 1.165) is 17.7 Å². The van der Waals surface area contributed by atoms with E-state index >= 15 is 0 Å². The molecular weight excluding hydrogens is 165 g/mol. The van der Waals surface area contributed by atoms with Crippen LogP contribution in [-0.4, -0.2) is 0 Å². The van der Waals surface area contributed by atoms with Gasteiger partial charge in [0.1, 0.15) is 0 Å². The van der Waals surface area contributed by atoms with Crippen LogP contribution in [0.1, 0.15) is 18.1 Å². The fourth-order valence-corrected chi connectivity index (χ4v) is 0.853. The lowest BCUT2D eigenvalue weighted by Gasteiger charge is -2.05. The number of hydrogen-bond donors (Lipinski definition) is 0. The van der Waals surface area contributed by atoms with Gasteiger partial charge in [0.2, 0.25) is 0 Å². The van der Waals surface area contributed by atoms with Crippen LogP contribution in [0, 0.1) is 6.07 Å². The minimum atomic E-state index is -4.25. The molecule has 0 bridgehead atoms. The van der Waals surface area contributed by atoms with E-state index in [0.29, 0.717) is 6.42 Å². The standard InChI is InChI=1S/C9H8F3/c1-2-7-3-5-8(6-4-7)9(10,11)12/h3,5-6H,2H2,1H3. The number of hydrogen-bond acceptors (Lipinski definition) is 0. The summed E-state index contributed by atoms with van der Waals surface area (Å²) in [5.41, 5.74) is 0.155. The van der Waals surface area contributed by atoms with E-state index in [4.69, 9.17) is 0 Å². The summed E-state index contributed by atoms with van der Waals surface area (Å²) in [4.78, 5) is 0. The zero-order valence-electron chi connectivity index (χ0n) is 6.57. The maximum Gasteiger partial charge on any atom is 0.416 e. The lowest BCUT2D eigenvalue weighted by atomic mass is 10.1. The average Bonchev–Trinajstić information content (AvgIpc) is 2.03. The first kappa shape index (κ1) is 9.10. The largest absolute Gasteiger partial charge is 0.416 e. The van der Waals surface area contributed by atoms with Crippen LogP contribution < -0.4 is 0 Å². The molecule has 0 unspecified atom stereocenters. The Morgan fingerprint density at radius 2 is 2.00 bits per heavy atom. The van der Waals surface area contributed by atoms with Gasteiger partial charge < -0.3 is 0 Å². The molecule has 3 heteroatoms. The molecule has 1 aromatic rings. The first-order valence-electron chi connectivity index (χ1n) is 3.62. The third kappa shape index (κ3) is 2.00. The second-order valence-corrected chi connectivity index (χ2v) is 2.45. The third-order valence-corrected chi connectivity index (χ3v) is 1.59. The van der Waals surface area contributed by atoms with Crippen molar-refractivity contribution in [1.29, 1.82) is 0 Å². The van der Waals surface area contributed by atoms with Crippen molar-refractivity contribution in [2.45, 2.75) is 19.5 Å². The molecule has 0 aliphatic heterocycles. The molecule has 0 nitrogen and oxygen atoms in total. The zero-order valence-corrected chi connectivity index (χ0v) is 6.57. The average molecular weight is 173 g/mol. The van der Waals surface area contributed by atoms with E-state index in [1.807, 2.05) is 6.92 Å². The summed E-state index contributed by atoms with van der Waals surface area (Å²) in [5.74, 6) is 0. The maximum atomic E-state index is 12.0. The Balaban J connectivity index is 2.93. The molecule has 1 aromatic carbocycles. The van der Waals surface area contributed by atoms with Crippen LogP contribution in [0.4, 0.5) is 13.2 Å². The van der Waals surface area contributed by atoms with Crippen molar-refractivity contribution >= 4 is 0 Å². The molecule has 1 radical (unpaired) electrons. The van der Waals surface area contributed by atoms with Gasteiger partial charge in [0, 0.05) is 0 Å². The summed E-state index contributed by atoms with van der Waals surface area (Å²) >= 11 is 0. The van der Waals surface area contributed by atoms with Gasteiger partial charge in [0.15, 0.2) is 0 Å². The molecule has 0 heterocycles. The van der Waals surface area contributed by atoms with Gasteiger partial charge in [0.05, 0.1) is 5.56 Å². The summed E-state index contributed by atoms with van der Waals surface area (Å²) in [5, 5.41) is 0. The second-order valence-electron chi connectivity index (χ2n) is 2.45. The van der Waals surface area contributed by atoms with Crippen molar-refractivity contribution in [3.63, 3.8) is 0 Å². The van der Waals surface area contributed by atoms with Gasteiger partial charge >= 0.3 is 6.18 Å². The van der Waals surface area contributed by atoms with Crippen LogP contribution in [0.2, 0.25) is 0 Å². The van der Waals surface area contributed by atoms with Crippen molar-refractivity contribution in [1.82, 2.24) is 0 Å². The van der Waals surface area contributed by atoms with Crippen LogP contribution in [0.3, 0.4) is 0 Å². The van der Waals surface area contributed by atoms with Crippen LogP contribution in [0.15, 0.2) is 18.2 Å². The molecule has 65 valence electrons. The molecule has 0 N–H and O–H groups in total. The normalized spacial score (nSPS) is 11.7. The number of aryl methyl sites for hydroxylation is 1. The van der Waals surface area contributed by atoms with Crippen LogP contribution in [0.5, 0.6) is 0 Å². The maximum absolute atomic E-state index is 12.0. The predicted octanol–water partition coefficient (Wildman–Crippen LogP) is 3.07. The smallest absolute Gasteiger partial charge is 0.166 e. The fraction of sp³-hybridized carbons (Fsp3) is 0.333. The van der Waals surface area contributed by atoms with E-state index in [1.54, 1.807) is 0 Å². The number of benzene rings is 1. The predicted molar refractivity (Wildman–Crippen MR) is 39.7 cm³/mol.